The van der Waals surface area contributed by atoms with Crippen molar-refractivity contribution in [3.8, 4) is 0 Å². The zero-order valence-electron chi connectivity index (χ0n) is 11.4. The van der Waals surface area contributed by atoms with Gasteiger partial charge in [-0.2, -0.15) is 13.2 Å². The normalized spacial score (nSPS) is 18.2. The summed E-state index contributed by atoms with van der Waals surface area (Å²) in [6, 6.07) is 0. The lowest BCUT2D eigenvalue weighted by Gasteiger charge is -2.33. The monoisotopic (exact) mass is 313 g/mol. The highest BCUT2D eigenvalue weighted by Crippen LogP contribution is 2.30. The molecular formula is C12H18F3NO5. The van der Waals surface area contributed by atoms with Gasteiger partial charge in [-0.3, -0.25) is 9.59 Å². The lowest BCUT2D eigenvalue weighted by atomic mass is 9.80. The molecule has 6 nitrogen and oxygen atoms in total. The van der Waals surface area contributed by atoms with Gasteiger partial charge in [0, 0.05) is 26.2 Å². The Balaban J connectivity index is 2.29. The zero-order valence-corrected chi connectivity index (χ0v) is 11.4. The number of amides is 1. The van der Waals surface area contributed by atoms with Crippen LogP contribution in [0.25, 0.3) is 0 Å². The van der Waals surface area contributed by atoms with Crippen LogP contribution in [0.15, 0.2) is 0 Å². The lowest BCUT2D eigenvalue weighted by Crippen LogP contribution is -2.46. The van der Waals surface area contributed by atoms with Gasteiger partial charge < -0.3 is 19.9 Å². The Hall–Kier alpha value is -1.35. The summed E-state index contributed by atoms with van der Waals surface area (Å²) < 4.78 is 44.8. The first-order valence-electron chi connectivity index (χ1n) is 6.47. The molecule has 0 atom stereocenters. The molecule has 2 N–H and O–H groups in total. The van der Waals surface area contributed by atoms with Crippen LogP contribution < -0.4 is 5.32 Å². The van der Waals surface area contributed by atoms with Crippen LogP contribution in [0.5, 0.6) is 0 Å². The Labute approximate surface area is 119 Å². The molecule has 0 aromatic carbocycles. The van der Waals surface area contributed by atoms with E-state index in [1.807, 2.05) is 0 Å². The SMILES string of the molecule is O=C(CCOCC(F)(F)F)NCC1(C(=O)O)CCOCC1. The standard InChI is InChI=1S/C12H18F3NO5/c13-12(14,15)8-21-4-1-9(17)16-7-11(10(18)19)2-5-20-6-3-11/h1-8H2,(H,16,17)(H,18,19). The number of halogens is 3. The van der Waals surface area contributed by atoms with Crippen molar-refractivity contribution in [2.75, 3.05) is 33.0 Å². The number of alkyl halides is 3. The first-order valence-corrected chi connectivity index (χ1v) is 6.47. The molecule has 0 radical (unpaired) electrons. The minimum atomic E-state index is -4.42. The number of hydrogen-bond acceptors (Lipinski definition) is 4. The van der Waals surface area contributed by atoms with Crippen LogP contribution in [0.2, 0.25) is 0 Å². The van der Waals surface area contributed by atoms with Crippen molar-refractivity contribution < 1.29 is 37.3 Å². The van der Waals surface area contributed by atoms with Crippen LogP contribution in [0, 0.1) is 5.41 Å². The van der Waals surface area contributed by atoms with E-state index in [9.17, 15) is 27.9 Å². The third kappa shape index (κ3) is 6.30. The van der Waals surface area contributed by atoms with Crippen LogP contribution in [0.3, 0.4) is 0 Å². The van der Waals surface area contributed by atoms with E-state index in [-0.39, 0.29) is 32.4 Å². The molecule has 1 aliphatic heterocycles. The van der Waals surface area contributed by atoms with Gasteiger partial charge in [0.15, 0.2) is 0 Å². The number of carbonyl (C=O) groups excluding carboxylic acids is 1. The fourth-order valence-corrected chi connectivity index (χ4v) is 1.94. The molecule has 0 aromatic heterocycles. The highest BCUT2D eigenvalue weighted by molar-refractivity contribution is 5.79. The first kappa shape index (κ1) is 17.7. The van der Waals surface area contributed by atoms with Crippen LogP contribution in [-0.2, 0) is 19.1 Å². The van der Waals surface area contributed by atoms with Gasteiger partial charge in [0.05, 0.1) is 12.0 Å². The minimum absolute atomic E-state index is 0.0657. The van der Waals surface area contributed by atoms with Crippen molar-refractivity contribution >= 4 is 11.9 Å². The third-order valence-electron chi connectivity index (χ3n) is 3.27. The van der Waals surface area contributed by atoms with Gasteiger partial charge in [0.1, 0.15) is 6.61 Å². The third-order valence-corrected chi connectivity index (χ3v) is 3.27. The van der Waals surface area contributed by atoms with Gasteiger partial charge >= 0.3 is 12.1 Å². The summed E-state index contributed by atoms with van der Waals surface area (Å²) in [4.78, 5) is 22.8. The van der Waals surface area contributed by atoms with Gasteiger partial charge in [0.2, 0.25) is 5.91 Å². The molecule has 1 saturated heterocycles. The minimum Gasteiger partial charge on any atom is -0.481 e. The number of ether oxygens (including phenoxy) is 2. The largest absolute Gasteiger partial charge is 0.481 e. The maximum atomic E-state index is 11.8. The molecule has 1 aliphatic rings. The van der Waals surface area contributed by atoms with E-state index in [1.54, 1.807) is 0 Å². The number of nitrogens with one attached hydrogen (secondary N) is 1. The summed E-state index contributed by atoms with van der Waals surface area (Å²) in [5.41, 5.74) is -1.07. The molecule has 0 bridgehead atoms. The van der Waals surface area contributed by atoms with E-state index >= 15 is 0 Å². The summed E-state index contributed by atoms with van der Waals surface area (Å²) >= 11 is 0. The van der Waals surface area contributed by atoms with Crippen LogP contribution in [-0.4, -0.2) is 56.1 Å². The average Bonchev–Trinajstić information content (AvgIpc) is 2.41. The highest BCUT2D eigenvalue weighted by Gasteiger charge is 2.40. The second-order valence-corrected chi connectivity index (χ2v) is 4.89. The number of carboxylic acid groups (broad SMARTS) is 1. The molecule has 1 heterocycles. The maximum Gasteiger partial charge on any atom is 0.411 e. The summed E-state index contributed by atoms with van der Waals surface area (Å²) in [6.07, 6.45) is -4.10. The summed E-state index contributed by atoms with van der Waals surface area (Å²) in [5.74, 6) is -1.55. The Kier molecular flexibility index (Phi) is 6.41. The molecule has 0 unspecified atom stereocenters. The summed E-state index contributed by atoms with van der Waals surface area (Å²) in [5, 5.41) is 11.7. The van der Waals surface area contributed by atoms with E-state index in [0.29, 0.717) is 13.2 Å². The summed E-state index contributed by atoms with van der Waals surface area (Å²) in [7, 11) is 0. The molecule has 0 aromatic rings. The number of aliphatic carboxylic acids is 1. The number of carbonyl (C=O) groups is 2. The van der Waals surface area contributed by atoms with Crippen LogP contribution in [0.1, 0.15) is 19.3 Å². The molecular weight excluding hydrogens is 295 g/mol. The maximum absolute atomic E-state index is 11.8. The van der Waals surface area contributed by atoms with E-state index in [2.05, 4.69) is 10.1 Å². The van der Waals surface area contributed by atoms with Crippen molar-refractivity contribution in [1.29, 1.82) is 0 Å². The molecule has 0 saturated carbocycles. The van der Waals surface area contributed by atoms with Gasteiger partial charge in [-0.05, 0) is 12.8 Å². The second-order valence-electron chi connectivity index (χ2n) is 4.89. The fraction of sp³-hybridized carbons (Fsp3) is 0.833. The molecule has 1 rings (SSSR count). The molecule has 1 amide bonds. The van der Waals surface area contributed by atoms with Crippen LogP contribution in [0.4, 0.5) is 13.2 Å². The van der Waals surface area contributed by atoms with E-state index < -0.39 is 30.1 Å². The first-order chi connectivity index (χ1) is 9.75. The Morgan fingerprint density at radius 3 is 2.43 bits per heavy atom. The molecule has 9 heteroatoms. The van der Waals surface area contributed by atoms with Crippen molar-refractivity contribution in [2.24, 2.45) is 5.41 Å². The van der Waals surface area contributed by atoms with Gasteiger partial charge in [-0.1, -0.05) is 0 Å². The summed E-state index contributed by atoms with van der Waals surface area (Å²) in [6.45, 7) is -1.23. The smallest absolute Gasteiger partial charge is 0.411 e. The van der Waals surface area contributed by atoms with Crippen LogP contribution >= 0.6 is 0 Å². The Morgan fingerprint density at radius 1 is 1.29 bits per heavy atom. The topological polar surface area (TPSA) is 84.9 Å². The number of hydrogen-bond donors (Lipinski definition) is 2. The van der Waals surface area contributed by atoms with Crippen molar-refractivity contribution in [1.82, 2.24) is 5.32 Å². The molecule has 0 spiro atoms. The Morgan fingerprint density at radius 2 is 1.90 bits per heavy atom. The number of carboxylic acids is 1. The van der Waals surface area contributed by atoms with E-state index in [0.717, 1.165) is 0 Å². The van der Waals surface area contributed by atoms with E-state index in [4.69, 9.17) is 4.74 Å². The average molecular weight is 313 g/mol. The number of rotatable bonds is 7. The molecule has 21 heavy (non-hydrogen) atoms. The predicted octanol–water partition coefficient (Wildman–Crippen LogP) is 0.953. The second kappa shape index (κ2) is 7.60. The van der Waals surface area contributed by atoms with Crippen molar-refractivity contribution in [2.45, 2.75) is 25.4 Å². The van der Waals surface area contributed by atoms with Crippen molar-refractivity contribution in [3.05, 3.63) is 0 Å². The fourth-order valence-electron chi connectivity index (χ4n) is 1.94. The predicted molar refractivity (Wildman–Crippen MR) is 64.6 cm³/mol. The van der Waals surface area contributed by atoms with Gasteiger partial charge in [-0.25, -0.2) is 0 Å². The lowest BCUT2D eigenvalue weighted by molar-refractivity contribution is -0.174. The van der Waals surface area contributed by atoms with Gasteiger partial charge in [-0.15, -0.1) is 0 Å². The molecule has 0 aliphatic carbocycles. The van der Waals surface area contributed by atoms with E-state index in [1.165, 1.54) is 0 Å². The molecule has 122 valence electrons. The highest BCUT2D eigenvalue weighted by atomic mass is 19.4. The van der Waals surface area contributed by atoms with Crippen molar-refractivity contribution in [3.63, 3.8) is 0 Å². The zero-order chi connectivity index (χ0) is 15.9. The van der Waals surface area contributed by atoms with Gasteiger partial charge in [0.25, 0.3) is 0 Å². The Bertz CT molecular complexity index is 366. The quantitative estimate of drug-likeness (QED) is 0.684. The molecule has 1 fully saturated rings.